The van der Waals surface area contributed by atoms with Gasteiger partial charge in [0.25, 0.3) is 0 Å². The van der Waals surface area contributed by atoms with Crippen LogP contribution < -0.4 is 5.32 Å². The zero-order valence-electron chi connectivity index (χ0n) is 12.1. The van der Waals surface area contributed by atoms with Crippen molar-refractivity contribution in [1.82, 2.24) is 10.3 Å². The second kappa shape index (κ2) is 7.13. The van der Waals surface area contributed by atoms with Crippen molar-refractivity contribution in [2.75, 3.05) is 26.9 Å². The Morgan fingerprint density at radius 2 is 2.19 bits per heavy atom. The van der Waals surface area contributed by atoms with E-state index < -0.39 is 0 Å². The molecule has 0 radical (unpaired) electrons. The van der Waals surface area contributed by atoms with E-state index >= 15 is 0 Å². The number of benzene rings is 1. The summed E-state index contributed by atoms with van der Waals surface area (Å²) in [5, 5.41) is 6.58. The van der Waals surface area contributed by atoms with Gasteiger partial charge in [0.05, 0.1) is 36.6 Å². The monoisotopic (exact) mass is 304 g/mol. The SMILES string of the molecule is CNC(Cc1nc(-c2ccccc2)cs1)C1COCCO1. The fourth-order valence-corrected chi connectivity index (χ4v) is 3.36. The minimum Gasteiger partial charge on any atom is -0.376 e. The molecular weight excluding hydrogens is 284 g/mol. The number of rotatable bonds is 5. The van der Waals surface area contributed by atoms with Gasteiger partial charge in [-0.2, -0.15) is 0 Å². The third-order valence-electron chi connectivity index (χ3n) is 3.68. The number of nitrogens with one attached hydrogen (secondary N) is 1. The van der Waals surface area contributed by atoms with Crippen LogP contribution in [0.2, 0.25) is 0 Å². The van der Waals surface area contributed by atoms with E-state index in [1.54, 1.807) is 11.3 Å². The van der Waals surface area contributed by atoms with E-state index in [0.29, 0.717) is 19.8 Å². The number of hydrogen-bond acceptors (Lipinski definition) is 5. The van der Waals surface area contributed by atoms with Gasteiger partial charge < -0.3 is 14.8 Å². The van der Waals surface area contributed by atoms with Crippen LogP contribution in [-0.2, 0) is 15.9 Å². The number of nitrogens with zero attached hydrogens (tertiary/aromatic N) is 1. The molecule has 2 atom stereocenters. The molecule has 1 saturated heterocycles. The van der Waals surface area contributed by atoms with Crippen LogP contribution in [0.5, 0.6) is 0 Å². The van der Waals surface area contributed by atoms with Gasteiger partial charge in [-0.15, -0.1) is 11.3 Å². The molecule has 1 fully saturated rings. The summed E-state index contributed by atoms with van der Waals surface area (Å²) in [6.45, 7) is 2.03. The standard InChI is InChI=1S/C16H20N2O2S/c1-17-13(15-10-19-7-8-20-15)9-16-18-14(11-21-16)12-5-3-2-4-6-12/h2-6,11,13,15,17H,7-10H2,1H3. The molecule has 1 aliphatic heterocycles. The fourth-order valence-electron chi connectivity index (χ4n) is 2.49. The Morgan fingerprint density at radius 3 is 2.90 bits per heavy atom. The predicted octanol–water partition coefficient (Wildman–Crippen LogP) is 2.36. The van der Waals surface area contributed by atoms with E-state index in [-0.39, 0.29) is 12.1 Å². The Labute approximate surface area is 129 Å². The van der Waals surface area contributed by atoms with Gasteiger partial charge in [-0.25, -0.2) is 4.98 Å². The van der Waals surface area contributed by atoms with Crippen molar-refractivity contribution in [1.29, 1.82) is 0 Å². The lowest BCUT2D eigenvalue weighted by Gasteiger charge is -2.29. The summed E-state index contributed by atoms with van der Waals surface area (Å²) < 4.78 is 11.3. The molecule has 0 amide bonds. The molecule has 0 aliphatic carbocycles. The van der Waals surface area contributed by atoms with Gasteiger partial charge in [0.15, 0.2) is 0 Å². The highest BCUT2D eigenvalue weighted by molar-refractivity contribution is 7.09. The van der Waals surface area contributed by atoms with Crippen molar-refractivity contribution in [3.8, 4) is 11.3 Å². The van der Waals surface area contributed by atoms with Gasteiger partial charge in [0.1, 0.15) is 0 Å². The second-order valence-corrected chi connectivity index (χ2v) is 6.02. The molecule has 1 aromatic carbocycles. The highest BCUT2D eigenvalue weighted by atomic mass is 32.1. The Kier molecular flexibility index (Phi) is 4.98. The second-order valence-electron chi connectivity index (χ2n) is 5.08. The molecule has 4 nitrogen and oxygen atoms in total. The quantitative estimate of drug-likeness (QED) is 0.921. The van der Waals surface area contributed by atoms with Gasteiger partial charge in [-0.3, -0.25) is 0 Å². The number of aromatic nitrogens is 1. The van der Waals surface area contributed by atoms with Gasteiger partial charge in [-0.05, 0) is 7.05 Å². The Morgan fingerprint density at radius 1 is 1.33 bits per heavy atom. The first-order valence-electron chi connectivity index (χ1n) is 7.23. The Hall–Kier alpha value is -1.27. The third kappa shape index (κ3) is 3.68. The normalized spacial score (nSPS) is 20.3. The van der Waals surface area contributed by atoms with Crippen molar-refractivity contribution in [3.05, 3.63) is 40.7 Å². The number of likely N-dealkylation sites (N-methyl/N-ethyl adjacent to an activating group) is 1. The van der Waals surface area contributed by atoms with Crippen molar-refractivity contribution in [3.63, 3.8) is 0 Å². The molecule has 1 aromatic heterocycles. The largest absolute Gasteiger partial charge is 0.376 e. The van der Waals surface area contributed by atoms with Crippen LogP contribution in [0.4, 0.5) is 0 Å². The first-order valence-corrected chi connectivity index (χ1v) is 8.11. The van der Waals surface area contributed by atoms with Gasteiger partial charge in [0.2, 0.25) is 0 Å². The lowest BCUT2D eigenvalue weighted by atomic mass is 10.1. The summed E-state index contributed by atoms with van der Waals surface area (Å²) in [4.78, 5) is 4.75. The van der Waals surface area contributed by atoms with E-state index in [1.165, 1.54) is 5.56 Å². The average molecular weight is 304 g/mol. The lowest BCUT2D eigenvalue weighted by Crippen LogP contribution is -2.46. The molecule has 1 N–H and O–H groups in total. The van der Waals surface area contributed by atoms with Crippen molar-refractivity contribution in [2.45, 2.75) is 18.6 Å². The van der Waals surface area contributed by atoms with Crippen LogP contribution in [0.3, 0.4) is 0 Å². The molecule has 0 spiro atoms. The molecule has 3 rings (SSSR count). The highest BCUT2D eigenvalue weighted by Crippen LogP contribution is 2.23. The highest BCUT2D eigenvalue weighted by Gasteiger charge is 2.25. The van der Waals surface area contributed by atoms with Gasteiger partial charge >= 0.3 is 0 Å². The molecule has 0 saturated carbocycles. The molecule has 5 heteroatoms. The summed E-state index contributed by atoms with van der Waals surface area (Å²) in [7, 11) is 1.97. The Bertz CT molecular complexity index is 552. The summed E-state index contributed by atoms with van der Waals surface area (Å²) in [5.74, 6) is 0. The van der Waals surface area contributed by atoms with Crippen LogP contribution in [0.15, 0.2) is 35.7 Å². The van der Waals surface area contributed by atoms with E-state index in [4.69, 9.17) is 14.5 Å². The van der Waals surface area contributed by atoms with Crippen LogP contribution in [0, 0.1) is 0 Å². The summed E-state index contributed by atoms with van der Waals surface area (Å²) in [6, 6.07) is 10.5. The minimum absolute atomic E-state index is 0.104. The summed E-state index contributed by atoms with van der Waals surface area (Å²) in [6.07, 6.45) is 0.968. The zero-order chi connectivity index (χ0) is 14.5. The minimum atomic E-state index is 0.104. The molecule has 112 valence electrons. The Balaban J connectivity index is 1.68. The molecule has 2 aromatic rings. The van der Waals surface area contributed by atoms with Crippen molar-refractivity contribution < 1.29 is 9.47 Å². The first kappa shape index (κ1) is 14.7. The molecule has 2 heterocycles. The van der Waals surface area contributed by atoms with Crippen LogP contribution in [0.25, 0.3) is 11.3 Å². The number of hydrogen-bond donors (Lipinski definition) is 1. The van der Waals surface area contributed by atoms with E-state index in [0.717, 1.165) is 17.1 Å². The van der Waals surface area contributed by atoms with E-state index in [1.807, 2.05) is 25.2 Å². The zero-order valence-corrected chi connectivity index (χ0v) is 12.9. The molecule has 21 heavy (non-hydrogen) atoms. The molecule has 2 unspecified atom stereocenters. The fraction of sp³-hybridized carbons (Fsp3) is 0.438. The molecule has 0 bridgehead atoms. The summed E-state index contributed by atoms with van der Waals surface area (Å²) in [5.41, 5.74) is 2.21. The maximum absolute atomic E-state index is 5.78. The van der Waals surface area contributed by atoms with Gasteiger partial charge in [0, 0.05) is 23.4 Å². The van der Waals surface area contributed by atoms with Crippen LogP contribution in [0.1, 0.15) is 5.01 Å². The smallest absolute Gasteiger partial charge is 0.0966 e. The maximum atomic E-state index is 5.78. The first-order chi connectivity index (χ1) is 10.4. The maximum Gasteiger partial charge on any atom is 0.0966 e. The lowest BCUT2D eigenvalue weighted by molar-refractivity contribution is -0.100. The van der Waals surface area contributed by atoms with E-state index in [9.17, 15) is 0 Å². The topological polar surface area (TPSA) is 43.4 Å². The van der Waals surface area contributed by atoms with E-state index in [2.05, 4.69) is 22.8 Å². The van der Waals surface area contributed by atoms with Gasteiger partial charge in [-0.1, -0.05) is 30.3 Å². The number of ether oxygens (including phenoxy) is 2. The third-order valence-corrected chi connectivity index (χ3v) is 4.55. The van der Waals surface area contributed by atoms with Crippen LogP contribution >= 0.6 is 11.3 Å². The number of thiazole rings is 1. The average Bonchev–Trinajstić information content (AvgIpc) is 3.03. The molecule has 1 aliphatic rings. The van der Waals surface area contributed by atoms with Crippen molar-refractivity contribution in [2.24, 2.45) is 0 Å². The molecular formula is C16H20N2O2S. The predicted molar refractivity (Wildman–Crippen MR) is 84.7 cm³/mol. The summed E-state index contributed by atoms with van der Waals surface area (Å²) >= 11 is 1.70. The van der Waals surface area contributed by atoms with Crippen LogP contribution in [-0.4, -0.2) is 44.0 Å². The van der Waals surface area contributed by atoms with Crippen molar-refractivity contribution >= 4 is 11.3 Å².